The van der Waals surface area contributed by atoms with E-state index in [1.165, 1.54) is 5.57 Å². The molecule has 1 atom stereocenters. The molecule has 1 rings (SSSR count). The molecule has 0 fully saturated rings. The van der Waals surface area contributed by atoms with E-state index in [1.54, 1.807) is 6.92 Å². The van der Waals surface area contributed by atoms with Crippen LogP contribution < -0.4 is 0 Å². The lowest BCUT2D eigenvalue weighted by Gasteiger charge is -2.30. The van der Waals surface area contributed by atoms with Crippen molar-refractivity contribution in [1.82, 2.24) is 0 Å². The van der Waals surface area contributed by atoms with E-state index < -0.39 is 5.60 Å². The van der Waals surface area contributed by atoms with Gasteiger partial charge in [-0.15, -0.1) is 0 Å². The smallest absolute Gasteiger partial charge is 0.333 e. The van der Waals surface area contributed by atoms with Crippen LogP contribution in [0.15, 0.2) is 23.8 Å². The van der Waals surface area contributed by atoms with Crippen LogP contribution in [0, 0.1) is 5.92 Å². The van der Waals surface area contributed by atoms with Crippen LogP contribution in [-0.2, 0) is 9.53 Å². The second kappa shape index (κ2) is 4.21. The van der Waals surface area contributed by atoms with Gasteiger partial charge in [-0.2, -0.15) is 0 Å². The molecule has 84 valence electrons. The fourth-order valence-electron chi connectivity index (χ4n) is 1.84. The van der Waals surface area contributed by atoms with Crippen molar-refractivity contribution >= 4 is 5.97 Å². The highest BCUT2D eigenvalue weighted by atomic mass is 16.6. The first-order valence-electron chi connectivity index (χ1n) is 5.39. The van der Waals surface area contributed by atoms with Gasteiger partial charge < -0.3 is 4.74 Å². The number of ether oxygens (including phenoxy) is 1. The molecule has 0 spiro atoms. The molecule has 0 radical (unpaired) electrons. The van der Waals surface area contributed by atoms with Gasteiger partial charge in [0.1, 0.15) is 5.60 Å². The van der Waals surface area contributed by atoms with Crippen molar-refractivity contribution in [2.24, 2.45) is 5.92 Å². The minimum atomic E-state index is -0.423. The van der Waals surface area contributed by atoms with E-state index >= 15 is 0 Å². The summed E-state index contributed by atoms with van der Waals surface area (Å²) < 4.78 is 5.45. The first-order chi connectivity index (χ1) is 6.83. The molecule has 15 heavy (non-hydrogen) atoms. The molecule has 1 aliphatic rings. The highest BCUT2D eigenvalue weighted by Crippen LogP contribution is 2.34. The number of hydrogen-bond donors (Lipinski definition) is 0. The fraction of sp³-hybridized carbons (Fsp3) is 0.615. The Morgan fingerprint density at radius 1 is 1.60 bits per heavy atom. The normalized spacial score (nSPS) is 21.1. The number of hydrogen-bond acceptors (Lipinski definition) is 2. The number of allylic oxidation sites excluding steroid dienone is 1. The van der Waals surface area contributed by atoms with Crippen molar-refractivity contribution in [3.05, 3.63) is 23.8 Å². The van der Waals surface area contributed by atoms with E-state index in [-0.39, 0.29) is 5.97 Å². The summed E-state index contributed by atoms with van der Waals surface area (Å²) in [5, 5.41) is 0. The largest absolute Gasteiger partial charge is 0.456 e. The predicted molar refractivity (Wildman–Crippen MR) is 61.5 cm³/mol. The van der Waals surface area contributed by atoms with Crippen LogP contribution in [0.4, 0.5) is 0 Å². The molecule has 0 aromatic carbocycles. The lowest BCUT2D eigenvalue weighted by atomic mass is 9.90. The first-order valence-corrected chi connectivity index (χ1v) is 5.39. The van der Waals surface area contributed by atoms with E-state index in [2.05, 4.69) is 19.6 Å². The molecule has 0 bridgehead atoms. The second-order valence-corrected chi connectivity index (χ2v) is 4.93. The Bertz CT molecular complexity index is 310. The standard InChI is InChI=1S/C13H20O2/c1-9(2)12(14)15-13(4,5)11-7-6-10(3)8-11/h8,11H,1,6-7H2,2-5H3. The zero-order chi connectivity index (χ0) is 11.6. The van der Waals surface area contributed by atoms with E-state index in [1.807, 2.05) is 13.8 Å². The molecular weight excluding hydrogens is 188 g/mol. The van der Waals surface area contributed by atoms with Gasteiger partial charge in [-0.3, -0.25) is 0 Å². The van der Waals surface area contributed by atoms with Gasteiger partial charge in [0.2, 0.25) is 0 Å². The molecule has 1 unspecified atom stereocenters. The highest BCUT2D eigenvalue weighted by Gasteiger charge is 2.34. The SMILES string of the molecule is C=C(C)C(=O)OC(C)(C)C1C=C(C)CC1. The summed E-state index contributed by atoms with van der Waals surface area (Å²) in [4.78, 5) is 11.5. The summed E-state index contributed by atoms with van der Waals surface area (Å²) in [7, 11) is 0. The molecule has 0 heterocycles. The van der Waals surface area contributed by atoms with Crippen molar-refractivity contribution in [3.8, 4) is 0 Å². The minimum absolute atomic E-state index is 0.294. The lowest BCUT2D eigenvalue weighted by molar-refractivity contribution is -0.154. The molecule has 0 aromatic heterocycles. The Morgan fingerprint density at radius 2 is 2.20 bits per heavy atom. The third-order valence-electron chi connectivity index (χ3n) is 2.93. The summed E-state index contributed by atoms with van der Waals surface area (Å²) in [6.45, 7) is 11.3. The molecule has 0 amide bonds. The topological polar surface area (TPSA) is 26.3 Å². The van der Waals surface area contributed by atoms with Gasteiger partial charge in [-0.25, -0.2) is 4.79 Å². The Hall–Kier alpha value is -1.05. The average Bonchev–Trinajstić information content (AvgIpc) is 2.51. The van der Waals surface area contributed by atoms with Crippen molar-refractivity contribution < 1.29 is 9.53 Å². The maximum atomic E-state index is 11.5. The second-order valence-electron chi connectivity index (χ2n) is 4.93. The molecule has 0 N–H and O–H groups in total. The van der Waals surface area contributed by atoms with Gasteiger partial charge >= 0.3 is 5.97 Å². The van der Waals surface area contributed by atoms with Crippen molar-refractivity contribution in [1.29, 1.82) is 0 Å². The summed E-state index contributed by atoms with van der Waals surface area (Å²) in [5.41, 5.74) is 1.43. The summed E-state index contributed by atoms with van der Waals surface area (Å²) in [6, 6.07) is 0. The maximum Gasteiger partial charge on any atom is 0.333 e. The summed E-state index contributed by atoms with van der Waals surface area (Å²) in [5.74, 6) is 0.0405. The van der Waals surface area contributed by atoms with Gasteiger partial charge in [-0.05, 0) is 40.5 Å². The van der Waals surface area contributed by atoms with Gasteiger partial charge in [0.25, 0.3) is 0 Å². The Morgan fingerprint density at radius 3 is 2.60 bits per heavy atom. The highest BCUT2D eigenvalue weighted by molar-refractivity contribution is 5.87. The van der Waals surface area contributed by atoms with Gasteiger partial charge in [-0.1, -0.05) is 18.2 Å². The molecule has 2 heteroatoms. The van der Waals surface area contributed by atoms with Crippen LogP contribution in [0.2, 0.25) is 0 Å². The van der Waals surface area contributed by atoms with Crippen LogP contribution in [-0.4, -0.2) is 11.6 Å². The molecular formula is C13H20O2. The van der Waals surface area contributed by atoms with Crippen LogP contribution in [0.25, 0.3) is 0 Å². The van der Waals surface area contributed by atoms with Gasteiger partial charge in [0.15, 0.2) is 0 Å². The molecule has 2 nitrogen and oxygen atoms in total. The van der Waals surface area contributed by atoms with E-state index in [4.69, 9.17) is 4.74 Å². The van der Waals surface area contributed by atoms with Crippen molar-refractivity contribution in [2.75, 3.05) is 0 Å². The summed E-state index contributed by atoms with van der Waals surface area (Å²) in [6.07, 6.45) is 4.40. The van der Waals surface area contributed by atoms with Crippen LogP contribution in [0.3, 0.4) is 0 Å². The van der Waals surface area contributed by atoms with E-state index in [0.29, 0.717) is 11.5 Å². The van der Waals surface area contributed by atoms with Crippen LogP contribution in [0.5, 0.6) is 0 Å². The monoisotopic (exact) mass is 208 g/mol. The number of carbonyl (C=O) groups is 1. The van der Waals surface area contributed by atoms with Crippen molar-refractivity contribution in [3.63, 3.8) is 0 Å². The van der Waals surface area contributed by atoms with Gasteiger partial charge in [0.05, 0.1) is 0 Å². The first kappa shape index (κ1) is 12.0. The zero-order valence-electron chi connectivity index (χ0n) is 10.1. The molecule has 0 aromatic rings. The van der Waals surface area contributed by atoms with Crippen LogP contribution >= 0.6 is 0 Å². The maximum absolute atomic E-state index is 11.5. The van der Waals surface area contributed by atoms with Gasteiger partial charge in [0, 0.05) is 11.5 Å². The molecule has 0 saturated carbocycles. The number of rotatable bonds is 3. The average molecular weight is 208 g/mol. The third kappa shape index (κ3) is 2.95. The lowest BCUT2D eigenvalue weighted by Crippen LogP contribution is -2.35. The van der Waals surface area contributed by atoms with E-state index in [9.17, 15) is 4.79 Å². The zero-order valence-corrected chi connectivity index (χ0v) is 10.1. The Kier molecular flexibility index (Phi) is 3.38. The predicted octanol–water partition coefficient (Wildman–Crippen LogP) is 3.24. The molecule has 0 aliphatic heterocycles. The van der Waals surface area contributed by atoms with E-state index in [0.717, 1.165) is 12.8 Å². The Labute approximate surface area is 92.0 Å². The third-order valence-corrected chi connectivity index (χ3v) is 2.93. The number of carbonyl (C=O) groups excluding carboxylic acids is 1. The quantitative estimate of drug-likeness (QED) is 0.404. The molecule has 1 aliphatic carbocycles. The fourth-order valence-corrected chi connectivity index (χ4v) is 1.84. The minimum Gasteiger partial charge on any atom is -0.456 e. The van der Waals surface area contributed by atoms with Crippen LogP contribution in [0.1, 0.15) is 40.5 Å². The van der Waals surface area contributed by atoms with Crippen molar-refractivity contribution in [2.45, 2.75) is 46.1 Å². The number of esters is 1. The molecule has 0 saturated heterocycles. The summed E-state index contributed by atoms with van der Waals surface area (Å²) >= 11 is 0. The Balaban J connectivity index is 2.67.